The van der Waals surface area contributed by atoms with Crippen molar-refractivity contribution >= 4 is 28.8 Å². The number of benzene rings is 3. The maximum Gasteiger partial charge on any atom is 0.163 e. The smallest absolute Gasteiger partial charge is 0.163 e. The predicted octanol–water partition coefficient (Wildman–Crippen LogP) is 6.72. The fourth-order valence-corrected chi connectivity index (χ4v) is 4.92. The van der Waals surface area contributed by atoms with Gasteiger partial charge in [0.1, 0.15) is 5.75 Å². The van der Waals surface area contributed by atoms with E-state index in [1.54, 1.807) is 0 Å². The molecule has 1 aliphatic carbocycles. The summed E-state index contributed by atoms with van der Waals surface area (Å²) in [6.07, 6.45) is 1.22. The Labute approximate surface area is 193 Å². The Morgan fingerprint density at radius 2 is 1.66 bits per heavy atom. The van der Waals surface area contributed by atoms with Crippen molar-refractivity contribution in [1.82, 2.24) is 0 Å². The zero-order valence-corrected chi connectivity index (χ0v) is 18.7. The van der Waals surface area contributed by atoms with Crippen LogP contribution in [0.1, 0.15) is 42.9 Å². The molecule has 1 heterocycles. The minimum atomic E-state index is -0.302. The number of anilines is 2. The van der Waals surface area contributed by atoms with Crippen molar-refractivity contribution in [3.8, 4) is 5.75 Å². The Hall–Kier alpha value is -3.24. The highest BCUT2D eigenvalue weighted by Gasteiger charge is 2.36. The van der Waals surface area contributed by atoms with Gasteiger partial charge in [-0.15, -0.1) is 0 Å². The van der Waals surface area contributed by atoms with Crippen LogP contribution in [0.15, 0.2) is 84.1 Å². The molecule has 0 unspecified atom stereocenters. The van der Waals surface area contributed by atoms with Crippen molar-refractivity contribution in [2.75, 3.05) is 17.2 Å². The molecule has 5 rings (SSSR count). The van der Waals surface area contributed by atoms with Crippen LogP contribution in [-0.2, 0) is 4.79 Å². The number of hydrogen-bond acceptors (Lipinski definition) is 4. The average Bonchev–Trinajstić information content (AvgIpc) is 2.97. The predicted molar refractivity (Wildman–Crippen MR) is 129 cm³/mol. The molecule has 0 fully saturated rings. The molecule has 0 bridgehead atoms. The van der Waals surface area contributed by atoms with Gasteiger partial charge in [0.2, 0.25) is 0 Å². The van der Waals surface area contributed by atoms with E-state index in [-0.39, 0.29) is 17.7 Å². The van der Waals surface area contributed by atoms with Crippen LogP contribution in [0.2, 0.25) is 5.02 Å². The number of para-hydroxylation sites is 2. The van der Waals surface area contributed by atoms with E-state index in [4.69, 9.17) is 16.3 Å². The summed E-state index contributed by atoms with van der Waals surface area (Å²) in [5.41, 5.74) is 5.72. The summed E-state index contributed by atoms with van der Waals surface area (Å²) >= 11 is 6.58. The molecule has 2 aliphatic rings. The zero-order chi connectivity index (χ0) is 22.1. The number of ether oxygens (including phenoxy) is 1. The van der Waals surface area contributed by atoms with E-state index in [0.29, 0.717) is 18.1 Å². The number of halogens is 1. The third-order valence-corrected chi connectivity index (χ3v) is 6.53. The molecule has 32 heavy (non-hydrogen) atoms. The van der Waals surface area contributed by atoms with Gasteiger partial charge >= 0.3 is 0 Å². The molecule has 162 valence electrons. The first-order valence-corrected chi connectivity index (χ1v) is 11.4. The number of rotatable bonds is 4. The van der Waals surface area contributed by atoms with Crippen molar-refractivity contribution in [3.63, 3.8) is 0 Å². The Kier molecular flexibility index (Phi) is 5.62. The Bertz CT molecular complexity index is 1190. The van der Waals surface area contributed by atoms with Gasteiger partial charge in [-0.05, 0) is 60.7 Å². The Morgan fingerprint density at radius 1 is 0.938 bits per heavy atom. The molecule has 2 N–H and O–H groups in total. The second-order valence-electron chi connectivity index (χ2n) is 8.19. The van der Waals surface area contributed by atoms with Crippen molar-refractivity contribution in [1.29, 1.82) is 0 Å². The number of ketones is 1. The SMILES string of the molecule is CCOc1ccc([C@H]2CC(=O)C3=C(C2)Nc2ccccc2N[C@@H]3c2ccccc2Cl)cc1. The number of Topliss-reactive ketones (excluding diaryl/α,β-unsaturated/α-hetero) is 1. The first-order chi connectivity index (χ1) is 15.6. The van der Waals surface area contributed by atoms with E-state index in [2.05, 4.69) is 22.8 Å². The standard InChI is InChI=1S/C27H25ClN2O2/c1-2-32-19-13-11-17(12-14-19)18-15-24-26(25(31)16-18)27(20-7-3-4-8-21(20)28)30-23-10-6-5-9-22(23)29-24/h3-14,18,27,29-30H,2,15-16H2,1H3/t18-,27-/m1/s1. The first-order valence-electron chi connectivity index (χ1n) is 11.0. The molecule has 3 aromatic carbocycles. The van der Waals surface area contributed by atoms with Crippen molar-refractivity contribution in [3.05, 3.63) is 100 Å². The molecule has 0 aromatic heterocycles. The Morgan fingerprint density at radius 3 is 2.41 bits per heavy atom. The highest BCUT2D eigenvalue weighted by atomic mass is 35.5. The summed E-state index contributed by atoms with van der Waals surface area (Å²) in [4.78, 5) is 13.6. The van der Waals surface area contributed by atoms with Crippen LogP contribution in [0.4, 0.5) is 11.4 Å². The van der Waals surface area contributed by atoms with Crippen molar-refractivity contribution in [2.24, 2.45) is 0 Å². The van der Waals surface area contributed by atoms with E-state index in [1.807, 2.05) is 67.6 Å². The molecule has 0 amide bonds. The third kappa shape index (κ3) is 3.87. The molecule has 1 aliphatic heterocycles. The minimum Gasteiger partial charge on any atom is -0.494 e. The molecule has 0 spiro atoms. The van der Waals surface area contributed by atoms with E-state index < -0.39 is 0 Å². The number of nitrogens with one attached hydrogen (secondary N) is 2. The van der Waals surface area contributed by atoms with Crippen molar-refractivity contribution in [2.45, 2.75) is 31.7 Å². The van der Waals surface area contributed by atoms with Gasteiger partial charge in [-0.2, -0.15) is 0 Å². The van der Waals surface area contributed by atoms with Gasteiger partial charge in [-0.1, -0.05) is 54.1 Å². The lowest BCUT2D eigenvalue weighted by Crippen LogP contribution is -2.27. The van der Waals surface area contributed by atoms with E-state index >= 15 is 0 Å². The fourth-order valence-electron chi connectivity index (χ4n) is 4.67. The van der Waals surface area contributed by atoms with E-state index in [1.165, 1.54) is 0 Å². The van der Waals surface area contributed by atoms with Crippen LogP contribution in [0.25, 0.3) is 0 Å². The highest BCUT2D eigenvalue weighted by molar-refractivity contribution is 6.31. The lowest BCUT2D eigenvalue weighted by molar-refractivity contribution is -0.116. The van der Waals surface area contributed by atoms with E-state index in [9.17, 15) is 4.79 Å². The number of fused-ring (bicyclic) bond motifs is 1. The van der Waals surface area contributed by atoms with Gasteiger partial charge in [0.15, 0.2) is 5.78 Å². The largest absolute Gasteiger partial charge is 0.494 e. The van der Waals surface area contributed by atoms with Crippen LogP contribution in [-0.4, -0.2) is 12.4 Å². The monoisotopic (exact) mass is 444 g/mol. The molecule has 0 saturated carbocycles. The summed E-state index contributed by atoms with van der Waals surface area (Å²) < 4.78 is 5.58. The molecule has 4 nitrogen and oxygen atoms in total. The van der Waals surface area contributed by atoms with Gasteiger partial charge in [-0.25, -0.2) is 0 Å². The molecular weight excluding hydrogens is 420 g/mol. The van der Waals surface area contributed by atoms with Gasteiger partial charge < -0.3 is 15.4 Å². The van der Waals surface area contributed by atoms with Gasteiger partial charge in [0.05, 0.1) is 24.0 Å². The van der Waals surface area contributed by atoms with Gasteiger partial charge in [-0.3, -0.25) is 4.79 Å². The summed E-state index contributed by atoms with van der Waals surface area (Å²) in [6.45, 7) is 2.61. The van der Waals surface area contributed by atoms with Crippen LogP contribution in [0, 0.1) is 0 Å². The molecule has 5 heteroatoms. The average molecular weight is 445 g/mol. The lowest BCUT2D eigenvalue weighted by Gasteiger charge is -2.30. The second kappa shape index (κ2) is 8.71. The molecule has 0 saturated heterocycles. The summed E-state index contributed by atoms with van der Waals surface area (Å²) in [6, 6.07) is 23.6. The molecule has 0 radical (unpaired) electrons. The summed E-state index contributed by atoms with van der Waals surface area (Å²) in [7, 11) is 0. The molecule has 3 aromatic rings. The topological polar surface area (TPSA) is 50.4 Å². The normalized spacial score (nSPS) is 19.9. The fraction of sp³-hybridized carbons (Fsp3) is 0.222. The number of hydrogen-bond donors (Lipinski definition) is 2. The third-order valence-electron chi connectivity index (χ3n) is 6.19. The van der Waals surface area contributed by atoms with Crippen LogP contribution >= 0.6 is 11.6 Å². The second-order valence-corrected chi connectivity index (χ2v) is 8.60. The quantitative estimate of drug-likeness (QED) is 0.469. The van der Waals surface area contributed by atoms with Gasteiger partial charge in [0.25, 0.3) is 0 Å². The number of carbonyl (C=O) groups is 1. The number of carbonyl (C=O) groups excluding carboxylic acids is 1. The van der Waals surface area contributed by atoms with Gasteiger partial charge in [0, 0.05) is 22.7 Å². The van der Waals surface area contributed by atoms with Crippen molar-refractivity contribution < 1.29 is 9.53 Å². The van der Waals surface area contributed by atoms with Crippen LogP contribution < -0.4 is 15.4 Å². The Balaban J connectivity index is 1.56. The van der Waals surface area contributed by atoms with Crippen LogP contribution in [0.3, 0.4) is 0 Å². The lowest BCUT2D eigenvalue weighted by atomic mass is 9.78. The van der Waals surface area contributed by atoms with E-state index in [0.717, 1.165) is 45.9 Å². The summed E-state index contributed by atoms with van der Waals surface area (Å²) in [5.74, 6) is 1.10. The first kappa shape index (κ1) is 20.7. The summed E-state index contributed by atoms with van der Waals surface area (Å²) in [5, 5.41) is 7.80. The number of allylic oxidation sites excluding steroid dienone is 1. The highest BCUT2D eigenvalue weighted by Crippen LogP contribution is 2.45. The van der Waals surface area contributed by atoms with Crippen LogP contribution in [0.5, 0.6) is 5.75 Å². The minimum absolute atomic E-state index is 0.113. The zero-order valence-electron chi connectivity index (χ0n) is 17.9. The molecular formula is C27H25ClN2O2. The maximum atomic E-state index is 13.6. The molecule has 2 atom stereocenters. The maximum absolute atomic E-state index is 13.6.